The maximum absolute atomic E-state index is 3.79. The molecule has 0 heterocycles. The zero-order chi connectivity index (χ0) is 6.41. The van der Waals surface area contributed by atoms with E-state index in [2.05, 4.69) is 16.9 Å². The van der Waals surface area contributed by atoms with E-state index in [9.17, 15) is 0 Å². The summed E-state index contributed by atoms with van der Waals surface area (Å²) >= 11 is 0. The molecule has 0 aliphatic carbocycles. The standard InChI is InChI=1S/C6H12N2/c1-6(4-7-2)5-8-3/h4,8H,1,5H2,2-3H3. The van der Waals surface area contributed by atoms with Crippen LogP contribution in [0.4, 0.5) is 0 Å². The summed E-state index contributed by atoms with van der Waals surface area (Å²) in [6, 6.07) is 0. The number of aliphatic imine (C=N–C) groups is 1. The Hall–Kier alpha value is -0.630. The lowest BCUT2D eigenvalue weighted by Crippen LogP contribution is -2.10. The van der Waals surface area contributed by atoms with E-state index in [1.807, 2.05) is 7.05 Å². The van der Waals surface area contributed by atoms with E-state index in [1.54, 1.807) is 13.3 Å². The van der Waals surface area contributed by atoms with Crippen molar-refractivity contribution in [3.63, 3.8) is 0 Å². The highest BCUT2D eigenvalue weighted by Gasteiger charge is 1.81. The maximum atomic E-state index is 3.79. The van der Waals surface area contributed by atoms with Crippen molar-refractivity contribution in [3.8, 4) is 0 Å². The van der Waals surface area contributed by atoms with E-state index < -0.39 is 0 Å². The molecule has 0 aliphatic heterocycles. The van der Waals surface area contributed by atoms with Gasteiger partial charge in [-0.25, -0.2) is 0 Å². The normalized spacial score (nSPS) is 10.2. The minimum Gasteiger partial charge on any atom is -0.316 e. The van der Waals surface area contributed by atoms with Crippen LogP contribution in [0.25, 0.3) is 0 Å². The van der Waals surface area contributed by atoms with E-state index >= 15 is 0 Å². The third-order valence-electron chi connectivity index (χ3n) is 0.716. The molecule has 0 spiro atoms. The van der Waals surface area contributed by atoms with Crippen molar-refractivity contribution >= 4 is 6.21 Å². The number of nitrogens with zero attached hydrogens (tertiary/aromatic N) is 1. The van der Waals surface area contributed by atoms with Gasteiger partial charge in [0.1, 0.15) is 0 Å². The average molecular weight is 112 g/mol. The number of hydrogen-bond donors (Lipinski definition) is 1. The third kappa shape index (κ3) is 3.56. The molecule has 0 radical (unpaired) electrons. The van der Waals surface area contributed by atoms with Gasteiger partial charge in [-0.1, -0.05) is 6.58 Å². The highest BCUT2D eigenvalue weighted by atomic mass is 14.8. The van der Waals surface area contributed by atoms with Crippen molar-refractivity contribution in [1.82, 2.24) is 5.32 Å². The van der Waals surface area contributed by atoms with Crippen LogP contribution in [0.5, 0.6) is 0 Å². The summed E-state index contributed by atoms with van der Waals surface area (Å²) in [4.78, 5) is 3.79. The molecular formula is C6H12N2. The van der Waals surface area contributed by atoms with Crippen LogP contribution >= 0.6 is 0 Å². The first-order chi connectivity index (χ1) is 3.81. The zero-order valence-corrected chi connectivity index (χ0v) is 5.44. The molecule has 2 nitrogen and oxygen atoms in total. The van der Waals surface area contributed by atoms with Crippen LogP contribution in [-0.4, -0.2) is 26.9 Å². The Bertz CT molecular complexity index is 94.7. The molecule has 0 atom stereocenters. The second kappa shape index (κ2) is 4.53. The van der Waals surface area contributed by atoms with Crippen molar-refractivity contribution in [1.29, 1.82) is 0 Å². The van der Waals surface area contributed by atoms with Crippen LogP contribution in [0.3, 0.4) is 0 Å². The predicted octanol–water partition coefficient (Wildman–Crippen LogP) is 0.463. The highest BCUT2D eigenvalue weighted by molar-refractivity contribution is 5.77. The summed E-state index contributed by atoms with van der Waals surface area (Å²) < 4.78 is 0. The van der Waals surface area contributed by atoms with Gasteiger partial charge in [-0.05, 0) is 12.6 Å². The molecule has 0 aromatic carbocycles. The van der Waals surface area contributed by atoms with Gasteiger partial charge in [0.05, 0.1) is 0 Å². The molecule has 0 aromatic heterocycles. The molecule has 8 heavy (non-hydrogen) atoms. The van der Waals surface area contributed by atoms with Gasteiger partial charge < -0.3 is 5.32 Å². The van der Waals surface area contributed by atoms with Crippen LogP contribution in [-0.2, 0) is 0 Å². The quantitative estimate of drug-likeness (QED) is 0.527. The van der Waals surface area contributed by atoms with Crippen molar-refractivity contribution in [3.05, 3.63) is 12.2 Å². The largest absolute Gasteiger partial charge is 0.316 e. The molecule has 0 saturated heterocycles. The van der Waals surface area contributed by atoms with Crippen LogP contribution in [0.1, 0.15) is 0 Å². The first kappa shape index (κ1) is 7.37. The zero-order valence-electron chi connectivity index (χ0n) is 5.44. The number of hydrogen-bond acceptors (Lipinski definition) is 2. The van der Waals surface area contributed by atoms with E-state index in [0.29, 0.717) is 0 Å². The summed E-state index contributed by atoms with van der Waals surface area (Å²) in [5.74, 6) is 0. The lowest BCUT2D eigenvalue weighted by molar-refractivity contribution is 0.907. The Morgan fingerprint density at radius 2 is 2.50 bits per heavy atom. The fourth-order valence-corrected chi connectivity index (χ4v) is 0.455. The van der Waals surface area contributed by atoms with Crippen molar-refractivity contribution in [2.24, 2.45) is 4.99 Å². The van der Waals surface area contributed by atoms with Crippen molar-refractivity contribution in [2.45, 2.75) is 0 Å². The smallest absolute Gasteiger partial charge is 0.0277 e. The molecule has 0 amide bonds. The lowest BCUT2D eigenvalue weighted by atomic mass is 10.3. The monoisotopic (exact) mass is 112 g/mol. The van der Waals surface area contributed by atoms with Gasteiger partial charge in [0.2, 0.25) is 0 Å². The minimum atomic E-state index is 0.817. The Labute approximate surface area is 50.3 Å². The minimum absolute atomic E-state index is 0.817. The van der Waals surface area contributed by atoms with Gasteiger partial charge in [0.25, 0.3) is 0 Å². The van der Waals surface area contributed by atoms with E-state index in [4.69, 9.17) is 0 Å². The second-order valence-corrected chi connectivity index (χ2v) is 1.58. The van der Waals surface area contributed by atoms with Gasteiger partial charge in [0, 0.05) is 19.8 Å². The van der Waals surface area contributed by atoms with Crippen molar-refractivity contribution in [2.75, 3.05) is 20.6 Å². The maximum Gasteiger partial charge on any atom is 0.0277 e. The van der Waals surface area contributed by atoms with Gasteiger partial charge in [-0.3, -0.25) is 4.99 Å². The topological polar surface area (TPSA) is 24.4 Å². The van der Waals surface area contributed by atoms with E-state index in [-0.39, 0.29) is 0 Å². The summed E-state index contributed by atoms with van der Waals surface area (Å²) in [6.07, 6.45) is 1.75. The summed E-state index contributed by atoms with van der Waals surface area (Å²) in [6.45, 7) is 4.54. The van der Waals surface area contributed by atoms with Gasteiger partial charge in [-0.2, -0.15) is 0 Å². The van der Waals surface area contributed by atoms with Crippen LogP contribution < -0.4 is 5.32 Å². The lowest BCUT2D eigenvalue weighted by Gasteiger charge is -1.93. The number of rotatable bonds is 3. The summed E-state index contributed by atoms with van der Waals surface area (Å²) in [5.41, 5.74) is 1.01. The first-order valence-corrected chi connectivity index (χ1v) is 2.55. The summed E-state index contributed by atoms with van der Waals surface area (Å²) in [7, 11) is 3.62. The highest BCUT2D eigenvalue weighted by Crippen LogP contribution is 1.78. The molecular weight excluding hydrogens is 100 g/mol. The Kier molecular flexibility index (Phi) is 4.17. The molecule has 2 heteroatoms. The molecule has 0 bridgehead atoms. The van der Waals surface area contributed by atoms with Crippen LogP contribution in [0.15, 0.2) is 17.1 Å². The fourth-order valence-electron chi connectivity index (χ4n) is 0.455. The molecule has 1 N–H and O–H groups in total. The molecule has 0 aliphatic rings. The van der Waals surface area contributed by atoms with Gasteiger partial charge >= 0.3 is 0 Å². The molecule has 46 valence electrons. The van der Waals surface area contributed by atoms with Crippen LogP contribution in [0.2, 0.25) is 0 Å². The Morgan fingerprint density at radius 1 is 1.88 bits per heavy atom. The molecule has 0 rings (SSSR count). The van der Waals surface area contributed by atoms with E-state index in [1.165, 1.54) is 0 Å². The third-order valence-corrected chi connectivity index (χ3v) is 0.716. The Balaban J connectivity index is 3.33. The van der Waals surface area contributed by atoms with Crippen molar-refractivity contribution < 1.29 is 0 Å². The van der Waals surface area contributed by atoms with Gasteiger partial charge in [-0.15, -0.1) is 0 Å². The first-order valence-electron chi connectivity index (χ1n) is 2.55. The average Bonchev–Trinajstić information content (AvgIpc) is 1.68. The second-order valence-electron chi connectivity index (χ2n) is 1.58. The fraction of sp³-hybridized carbons (Fsp3) is 0.500. The number of nitrogens with one attached hydrogen (secondary N) is 1. The van der Waals surface area contributed by atoms with Gasteiger partial charge in [0.15, 0.2) is 0 Å². The summed E-state index contributed by atoms with van der Waals surface area (Å²) in [5, 5.41) is 2.96. The van der Waals surface area contributed by atoms with Crippen LogP contribution in [0, 0.1) is 0 Å². The molecule has 0 saturated carbocycles. The number of likely N-dealkylation sites (N-methyl/N-ethyl adjacent to an activating group) is 1. The molecule has 0 fully saturated rings. The molecule has 0 unspecified atom stereocenters. The Morgan fingerprint density at radius 3 is 2.88 bits per heavy atom. The molecule has 0 aromatic rings. The predicted molar refractivity (Wildman–Crippen MR) is 37.5 cm³/mol. The SMILES string of the molecule is C=C(C=NC)CNC. The van der Waals surface area contributed by atoms with E-state index in [0.717, 1.165) is 12.1 Å².